The number of rotatable bonds is 1. The molecule has 0 aromatic heterocycles. The highest BCUT2D eigenvalue weighted by Crippen LogP contribution is 2.29. The van der Waals surface area contributed by atoms with Gasteiger partial charge < -0.3 is 5.11 Å². The van der Waals surface area contributed by atoms with Crippen LogP contribution in [0.1, 0.15) is 12.0 Å². The van der Waals surface area contributed by atoms with E-state index in [1.807, 2.05) is 0 Å². The Hall–Kier alpha value is -0.390. The zero-order valence-electron chi connectivity index (χ0n) is 7.15. The monoisotopic (exact) mass is 248 g/mol. The highest BCUT2D eigenvalue weighted by Gasteiger charge is 2.04. The van der Waals surface area contributed by atoms with Crippen LogP contribution in [0.2, 0.25) is 15.1 Å². The van der Waals surface area contributed by atoms with Gasteiger partial charge in [0.2, 0.25) is 0 Å². The number of aliphatic hydroxyl groups excluding tert-OH is 1. The number of hydrogen-bond acceptors (Lipinski definition) is 1. The molecule has 74 valence electrons. The summed E-state index contributed by atoms with van der Waals surface area (Å²) in [7, 11) is 0. The fraction of sp³-hybridized carbons (Fsp3) is 0.200. The van der Waals surface area contributed by atoms with Crippen molar-refractivity contribution < 1.29 is 5.11 Å². The van der Waals surface area contributed by atoms with Gasteiger partial charge in [-0.05, 0) is 12.1 Å². The highest BCUT2D eigenvalue weighted by atomic mass is 35.5. The summed E-state index contributed by atoms with van der Waals surface area (Å²) >= 11 is 17.5. The van der Waals surface area contributed by atoms with Crippen molar-refractivity contribution in [3.63, 3.8) is 0 Å². The molecule has 0 aliphatic rings. The Kier molecular flexibility index (Phi) is 4.57. The van der Waals surface area contributed by atoms with E-state index in [1.54, 1.807) is 12.1 Å². The second kappa shape index (κ2) is 5.48. The third-order valence-electron chi connectivity index (χ3n) is 1.45. The Bertz CT molecular complexity index is 390. The first-order valence-electron chi connectivity index (χ1n) is 3.89. The Balaban J connectivity index is 3.04. The van der Waals surface area contributed by atoms with Gasteiger partial charge in [0, 0.05) is 17.0 Å². The van der Waals surface area contributed by atoms with Crippen LogP contribution in [0.25, 0.3) is 0 Å². The van der Waals surface area contributed by atoms with Gasteiger partial charge in [-0.2, -0.15) is 0 Å². The molecule has 0 bridgehead atoms. The molecule has 0 radical (unpaired) electrons. The second-order valence-electron chi connectivity index (χ2n) is 2.52. The fourth-order valence-electron chi connectivity index (χ4n) is 0.861. The lowest BCUT2D eigenvalue weighted by atomic mass is 10.2. The van der Waals surface area contributed by atoms with E-state index < -0.39 is 0 Å². The van der Waals surface area contributed by atoms with Crippen LogP contribution in [0, 0.1) is 11.8 Å². The van der Waals surface area contributed by atoms with Gasteiger partial charge in [0.05, 0.1) is 16.7 Å². The van der Waals surface area contributed by atoms with Crippen LogP contribution in [0.3, 0.4) is 0 Å². The summed E-state index contributed by atoms with van der Waals surface area (Å²) in [6.07, 6.45) is 0.403. The van der Waals surface area contributed by atoms with Gasteiger partial charge in [-0.1, -0.05) is 46.6 Å². The topological polar surface area (TPSA) is 20.2 Å². The highest BCUT2D eigenvalue weighted by molar-refractivity contribution is 6.43. The lowest BCUT2D eigenvalue weighted by Gasteiger charge is -1.99. The maximum Gasteiger partial charge on any atom is 0.0749 e. The quantitative estimate of drug-likeness (QED) is 0.597. The molecule has 0 amide bonds. The van der Waals surface area contributed by atoms with Crippen LogP contribution < -0.4 is 0 Å². The summed E-state index contributed by atoms with van der Waals surface area (Å²) in [5.74, 6) is 5.53. The number of halogens is 3. The Morgan fingerprint density at radius 2 is 1.93 bits per heavy atom. The van der Waals surface area contributed by atoms with Gasteiger partial charge in [-0.25, -0.2) is 0 Å². The van der Waals surface area contributed by atoms with Crippen LogP contribution in [0.5, 0.6) is 0 Å². The molecule has 0 atom stereocenters. The maximum absolute atomic E-state index is 8.54. The summed E-state index contributed by atoms with van der Waals surface area (Å²) in [6.45, 7) is 0.0267. The molecular formula is C10H7Cl3O. The molecule has 0 saturated heterocycles. The summed E-state index contributed by atoms with van der Waals surface area (Å²) in [5, 5.41) is 9.80. The second-order valence-corrected chi connectivity index (χ2v) is 3.75. The van der Waals surface area contributed by atoms with Gasteiger partial charge in [-0.15, -0.1) is 0 Å². The largest absolute Gasteiger partial charge is 0.395 e. The zero-order chi connectivity index (χ0) is 10.6. The van der Waals surface area contributed by atoms with E-state index >= 15 is 0 Å². The molecule has 0 spiro atoms. The third kappa shape index (κ3) is 3.08. The van der Waals surface area contributed by atoms with E-state index in [9.17, 15) is 0 Å². The van der Waals surface area contributed by atoms with Gasteiger partial charge >= 0.3 is 0 Å². The molecule has 0 unspecified atom stereocenters. The predicted molar refractivity (Wildman–Crippen MR) is 60.1 cm³/mol. The molecule has 0 aliphatic heterocycles. The van der Waals surface area contributed by atoms with E-state index in [1.165, 1.54) is 0 Å². The Morgan fingerprint density at radius 3 is 2.57 bits per heavy atom. The number of aliphatic hydroxyl groups is 1. The maximum atomic E-state index is 8.54. The smallest absolute Gasteiger partial charge is 0.0749 e. The van der Waals surface area contributed by atoms with E-state index in [-0.39, 0.29) is 6.61 Å². The average Bonchev–Trinajstić information content (AvgIpc) is 2.13. The lowest BCUT2D eigenvalue weighted by Crippen LogP contribution is -1.81. The van der Waals surface area contributed by atoms with E-state index in [0.29, 0.717) is 27.1 Å². The minimum absolute atomic E-state index is 0.0267. The summed E-state index contributed by atoms with van der Waals surface area (Å²) in [4.78, 5) is 0. The molecule has 14 heavy (non-hydrogen) atoms. The van der Waals surface area contributed by atoms with Crippen molar-refractivity contribution in [2.45, 2.75) is 6.42 Å². The number of hydrogen-bond donors (Lipinski definition) is 1. The summed E-state index contributed by atoms with van der Waals surface area (Å²) in [6, 6.07) is 3.20. The lowest BCUT2D eigenvalue weighted by molar-refractivity contribution is 0.305. The van der Waals surface area contributed by atoms with E-state index in [0.717, 1.165) is 0 Å². The van der Waals surface area contributed by atoms with Crippen molar-refractivity contribution in [2.75, 3.05) is 6.61 Å². The van der Waals surface area contributed by atoms with Crippen molar-refractivity contribution in [3.05, 3.63) is 32.8 Å². The Labute approximate surface area is 97.6 Å². The van der Waals surface area contributed by atoms with Crippen molar-refractivity contribution in [3.8, 4) is 11.8 Å². The molecule has 1 nitrogen and oxygen atoms in total. The fourth-order valence-corrected chi connectivity index (χ4v) is 1.51. The first kappa shape index (κ1) is 11.7. The van der Waals surface area contributed by atoms with Crippen LogP contribution in [0.15, 0.2) is 12.1 Å². The normalized spacial score (nSPS) is 9.43. The standard InChI is InChI=1S/C10H7Cl3O/c11-8-5-7(3-1-2-4-14)10(13)9(12)6-8/h5-6,14H,2,4H2. The van der Waals surface area contributed by atoms with E-state index in [4.69, 9.17) is 39.9 Å². The molecule has 1 rings (SSSR count). The first-order valence-corrected chi connectivity index (χ1v) is 5.03. The van der Waals surface area contributed by atoms with Gasteiger partial charge in [-0.3, -0.25) is 0 Å². The molecular weight excluding hydrogens is 242 g/mol. The molecule has 0 heterocycles. The van der Waals surface area contributed by atoms with Crippen LogP contribution in [-0.4, -0.2) is 11.7 Å². The summed E-state index contributed by atoms with van der Waals surface area (Å²) in [5.41, 5.74) is 0.581. The van der Waals surface area contributed by atoms with Crippen LogP contribution >= 0.6 is 34.8 Å². The van der Waals surface area contributed by atoms with Gasteiger partial charge in [0.1, 0.15) is 0 Å². The predicted octanol–water partition coefficient (Wildman–Crippen LogP) is 3.38. The SMILES string of the molecule is OCCC#Cc1cc(Cl)cc(Cl)c1Cl. The summed E-state index contributed by atoms with van der Waals surface area (Å²) < 4.78 is 0. The van der Waals surface area contributed by atoms with Crippen LogP contribution in [-0.2, 0) is 0 Å². The van der Waals surface area contributed by atoms with Crippen LogP contribution in [0.4, 0.5) is 0 Å². The van der Waals surface area contributed by atoms with Crippen molar-refractivity contribution in [1.29, 1.82) is 0 Å². The van der Waals surface area contributed by atoms with Crippen molar-refractivity contribution in [2.24, 2.45) is 0 Å². The minimum Gasteiger partial charge on any atom is -0.395 e. The van der Waals surface area contributed by atoms with Gasteiger partial charge in [0.15, 0.2) is 0 Å². The molecule has 0 saturated carbocycles. The minimum atomic E-state index is 0.0267. The average molecular weight is 250 g/mol. The zero-order valence-corrected chi connectivity index (χ0v) is 9.42. The molecule has 1 aromatic carbocycles. The third-order valence-corrected chi connectivity index (χ3v) is 2.47. The Morgan fingerprint density at radius 1 is 1.21 bits per heavy atom. The molecule has 1 aromatic rings. The number of benzene rings is 1. The van der Waals surface area contributed by atoms with Crippen molar-refractivity contribution >= 4 is 34.8 Å². The molecule has 4 heteroatoms. The van der Waals surface area contributed by atoms with Crippen molar-refractivity contribution in [1.82, 2.24) is 0 Å². The molecule has 1 N–H and O–H groups in total. The molecule has 0 aliphatic carbocycles. The van der Waals surface area contributed by atoms with Gasteiger partial charge in [0.25, 0.3) is 0 Å². The molecule has 0 fully saturated rings. The first-order chi connectivity index (χ1) is 6.65. The van der Waals surface area contributed by atoms with E-state index in [2.05, 4.69) is 11.8 Å².